The van der Waals surface area contributed by atoms with Gasteiger partial charge in [-0.15, -0.1) is 0 Å². The summed E-state index contributed by atoms with van der Waals surface area (Å²) in [5.74, 6) is 0. The highest BCUT2D eigenvalue weighted by molar-refractivity contribution is 5.89. The number of hydrogen-bond donors (Lipinski definition) is 3. The molecule has 22 heavy (non-hydrogen) atoms. The van der Waals surface area contributed by atoms with Gasteiger partial charge in [0.05, 0.1) is 0 Å². The normalized spacial score (nSPS) is 15.2. The predicted molar refractivity (Wildman–Crippen MR) is 86.9 cm³/mol. The number of nitrogens with zero attached hydrogens (tertiary/aromatic N) is 1. The Labute approximate surface area is 131 Å². The molecule has 1 aliphatic rings. The predicted octanol–water partition coefficient (Wildman–Crippen LogP) is 2.39. The topological polar surface area (TPSA) is 73.5 Å². The van der Waals surface area contributed by atoms with Crippen molar-refractivity contribution in [3.05, 3.63) is 30.3 Å². The minimum absolute atomic E-state index is 0.00552. The molecule has 0 aromatic heterocycles. The molecule has 6 heteroatoms. The SMILES string of the molecule is CCCNC(=O)N1CCC(NC(=O)Nc2ccccc2)CC1. The highest BCUT2D eigenvalue weighted by Crippen LogP contribution is 2.11. The molecule has 0 bridgehead atoms. The van der Waals surface area contributed by atoms with Crippen LogP contribution in [0, 0.1) is 0 Å². The summed E-state index contributed by atoms with van der Waals surface area (Å²) in [6.07, 6.45) is 2.49. The minimum atomic E-state index is -0.194. The number of nitrogens with one attached hydrogen (secondary N) is 3. The van der Waals surface area contributed by atoms with Crippen LogP contribution < -0.4 is 16.0 Å². The van der Waals surface area contributed by atoms with E-state index in [9.17, 15) is 9.59 Å². The van der Waals surface area contributed by atoms with E-state index in [1.54, 1.807) is 0 Å². The Morgan fingerprint density at radius 2 is 1.86 bits per heavy atom. The van der Waals surface area contributed by atoms with E-state index in [2.05, 4.69) is 16.0 Å². The number of carbonyl (C=O) groups is 2. The summed E-state index contributed by atoms with van der Waals surface area (Å²) in [4.78, 5) is 25.6. The molecule has 0 spiro atoms. The zero-order valence-electron chi connectivity index (χ0n) is 13.0. The van der Waals surface area contributed by atoms with Crippen LogP contribution in [0.15, 0.2) is 30.3 Å². The average Bonchev–Trinajstić information content (AvgIpc) is 2.54. The molecule has 1 saturated heterocycles. The number of rotatable bonds is 4. The van der Waals surface area contributed by atoms with Gasteiger partial charge in [-0.1, -0.05) is 25.1 Å². The maximum Gasteiger partial charge on any atom is 0.319 e. The van der Waals surface area contributed by atoms with Gasteiger partial charge in [0.2, 0.25) is 0 Å². The molecule has 6 nitrogen and oxygen atoms in total. The smallest absolute Gasteiger partial charge is 0.319 e. The zero-order chi connectivity index (χ0) is 15.8. The molecule has 120 valence electrons. The van der Waals surface area contributed by atoms with Gasteiger partial charge in [-0.3, -0.25) is 0 Å². The zero-order valence-corrected chi connectivity index (χ0v) is 13.0. The first-order valence-corrected chi connectivity index (χ1v) is 7.84. The Morgan fingerprint density at radius 1 is 1.18 bits per heavy atom. The van der Waals surface area contributed by atoms with Crippen molar-refractivity contribution in [2.24, 2.45) is 0 Å². The summed E-state index contributed by atoms with van der Waals surface area (Å²) in [6, 6.07) is 9.27. The lowest BCUT2D eigenvalue weighted by atomic mass is 10.1. The monoisotopic (exact) mass is 304 g/mol. The van der Waals surface area contributed by atoms with E-state index in [4.69, 9.17) is 0 Å². The Balaban J connectivity index is 1.71. The van der Waals surface area contributed by atoms with Crippen LogP contribution in [0.5, 0.6) is 0 Å². The molecule has 1 aromatic rings. The quantitative estimate of drug-likeness (QED) is 0.799. The summed E-state index contributed by atoms with van der Waals surface area (Å²) >= 11 is 0. The van der Waals surface area contributed by atoms with Crippen molar-refractivity contribution in [3.63, 3.8) is 0 Å². The van der Waals surface area contributed by atoms with Crippen molar-refractivity contribution in [2.45, 2.75) is 32.2 Å². The van der Waals surface area contributed by atoms with Crippen molar-refractivity contribution >= 4 is 17.7 Å². The molecular weight excluding hydrogens is 280 g/mol. The summed E-state index contributed by atoms with van der Waals surface area (Å²) in [6.45, 7) is 4.08. The van der Waals surface area contributed by atoms with Crippen molar-refractivity contribution in [1.82, 2.24) is 15.5 Å². The molecule has 2 rings (SSSR count). The second-order valence-electron chi connectivity index (χ2n) is 5.46. The van der Waals surface area contributed by atoms with Crippen LogP contribution in [0.25, 0.3) is 0 Å². The molecule has 1 heterocycles. The molecular formula is C16H24N4O2. The van der Waals surface area contributed by atoms with E-state index in [-0.39, 0.29) is 18.1 Å². The highest BCUT2D eigenvalue weighted by atomic mass is 16.2. The summed E-state index contributed by atoms with van der Waals surface area (Å²) in [5, 5.41) is 8.65. The number of amides is 4. The van der Waals surface area contributed by atoms with E-state index < -0.39 is 0 Å². The standard InChI is InChI=1S/C16H24N4O2/c1-2-10-17-16(22)20-11-8-14(9-12-20)19-15(21)18-13-6-4-3-5-7-13/h3-7,14H,2,8-12H2,1H3,(H,17,22)(H2,18,19,21). The number of piperidine rings is 1. The number of anilines is 1. The minimum Gasteiger partial charge on any atom is -0.338 e. The van der Waals surface area contributed by atoms with E-state index in [1.807, 2.05) is 42.2 Å². The van der Waals surface area contributed by atoms with Gasteiger partial charge in [-0.25, -0.2) is 9.59 Å². The van der Waals surface area contributed by atoms with Gasteiger partial charge in [0, 0.05) is 31.4 Å². The van der Waals surface area contributed by atoms with Crippen LogP contribution in [-0.2, 0) is 0 Å². The maximum atomic E-state index is 11.9. The first-order valence-electron chi connectivity index (χ1n) is 7.84. The van der Waals surface area contributed by atoms with E-state index in [1.165, 1.54) is 0 Å². The van der Waals surface area contributed by atoms with Gasteiger partial charge in [0.15, 0.2) is 0 Å². The van der Waals surface area contributed by atoms with Gasteiger partial charge in [-0.05, 0) is 31.4 Å². The van der Waals surface area contributed by atoms with Crippen LogP contribution >= 0.6 is 0 Å². The fourth-order valence-corrected chi connectivity index (χ4v) is 2.44. The first-order chi connectivity index (χ1) is 10.7. The molecule has 0 atom stereocenters. The van der Waals surface area contributed by atoms with Gasteiger partial charge >= 0.3 is 12.1 Å². The van der Waals surface area contributed by atoms with Gasteiger partial charge in [0.1, 0.15) is 0 Å². The Morgan fingerprint density at radius 3 is 2.50 bits per heavy atom. The molecule has 0 radical (unpaired) electrons. The Kier molecular flexibility index (Phi) is 6.06. The molecule has 4 amide bonds. The van der Waals surface area contributed by atoms with Crippen molar-refractivity contribution in [1.29, 1.82) is 0 Å². The fourth-order valence-electron chi connectivity index (χ4n) is 2.44. The molecule has 3 N–H and O–H groups in total. The molecule has 0 unspecified atom stereocenters. The van der Waals surface area contributed by atoms with E-state index in [0.717, 1.165) is 24.9 Å². The molecule has 0 aliphatic carbocycles. The van der Waals surface area contributed by atoms with Crippen LogP contribution in [-0.4, -0.2) is 42.6 Å². The highest BCUT2D eigenvalue weighted by Gasteiger charge is 2.23. The molecule has 1 fully saturated rings. The van der Waals surface area contributed by atoms with Crippen molar-refractivity contribution in [3.8, 4) is 0 Å². The number of carbonyl (C=O) groups excluding carboxylic acids is 2. The number of hydrogen-bond acceptors (Lipinski definition) is 2. The van der Waals surface area contributed by atoms with Crippen LogP contribution in [0.1, 0.15) is 26.2 Å². The third kappa shape index (κ3) is 4.95. The van der Waals surface area contributed by atoms with Crippen LogP contribution in [0.4, 0.5) is 15.3 Å². The Bertz CT molecular complexity index is 484. The average molecular weight is 304 g/mol. The number of urea groups is 2. The molecule has 0 saturated carbocycles. The Hall–Kier alpha value is -2.24. The summed E-state index contributed by atoms with van der Waals surface area (Å²) in [7, 11) is 0. The van der Waals surface area contributed by atoms with Crippen molar-refractivity contribution < 1.29 is 9.59 Å². The van der Waals surface area contributed by atoms with Crippen LogP contribution in [0.2, 0.25) is 0 Å². The lowest BCUT2D eigenvalue weighted by molar-refractivity contribution is 0.177. The number of likely N-dealkylation sites (tertiary alicyclic amines) is 1. The molecule has 1 aromatic carbocycles. The van der Waals surface area contributed by atoms with Gasteiger partial charge < -0.3 is 20.9 Å². The third-order valence-electron chi connectivity index (χ3n) is 3.68. The largest absolute Gasteiger partial charge is 0.338 e. The second kappa shape index (κ2) is 8.26. The fraction of sp³-hybridized carbons (Fsp3) is 0.500. The maximum absolute atomic E-state index is 11.9. The van der Waals surface area contributed by atoms with Gasteiger partial charge in [-0.2, -0.15) is 0 Å². The first kappa shape index (κ1) is 16.1. The lowest BCUT2D eigenvalue weighted by Gasteiger charge is -2.32. The van der Waals surface area contributed by atoms with Gasteiger partial charge in [0.25, 0.3) is 0 Å². The third-order valence-corrected chi connectivity index (χ3v) is 3.68. The van der Waals surface area contributed by atoms with Crippen molar-refractivity contribution in [2.75, 3.05) is 25.0 Å². The van der Waals surface area contributed by atoms with E-state index >= 15 is 0 Å². The second-order valence-corrected chi connectivity index (χ2v) is 5.46. The summed E-state index contributed by atoms with van der Waals surface area (Å²) < 4.78 is 0. The number of para-hydroxylation sites is 1. The molecule has 1 aliphatic heterocycles. The number of benzene rings is 1. The van der Waals surface area contributed by atoms with Crippen LogP contribution in [0.3, 0.4) is 0 Å². The van der Waals surface area contributed by atoms with E-state index in [0.29, 0.717) is 19.6 Å². The summed E-state index contributed by atoms with van der Waals surface area (Å²) in [5.41, 5.74) is 0.774. The lowest BCUT2D eigenvalue weighted by Crippen LogP contribution is -2.50.